The van der Waals surface area contributed by atoms with E-state index in [2.05, 4.69) is 14.9 Å². The lowest BCUT2D eigenvalue weighted by atomic mass is 9.81. The van der Waals surface area contributed by atoms with Crippen molar-refractivity contribution in [3.8, 4) is 5.75 Å². The van der Waals surface area contributed by atoms with Crippen LogP contribution in [-0.4, -0.2) is 64.2 Å². The number of fused-ring (bicyclic) bond motifs is 1. The van der Waals surface area contributed by atoms with Crippen LogP contribution < -0.4 is 4.74 Å². The molecule has 1 N–H and O–H groups in total. The Morgan fingerprint density at radius 2 is 2.14 bits per heavy atom. The number of hydrogen-bond acceptors (Lipinski definition) is 7. The quantitative estimate of drug-likeness (QED) is 0.281. The minimum absolute atomic E-state index is 0.120. The zero-order valence-corrected chi connectivity index (χ0v) is 21.4. The Hall–Kier alpha value is -2.75. The molecule has 2 atom stereocenters. The van der Waals surface area contributed by atoms with Crippen LogP contribution in [-0.2, 0) is 4.79 Å². The van der Waals surface area contributed by atoms with E-state index in [1.165, 1.54) is 24.0 Å². The number of pyridine rings is 2. The number of halogens is 2. The van der Waals surface area contributed by atoms with Gasteiger partial charge in [-0.3, -0.25) is 14.6 Å². The van der Waals surface area contributed by atoms with Gasteiger partial charge in [0.15, 0.2) is 11.6 Å². The predicted octanol–water partition coefficient (Wildman–Crippen LogP) is 5.21. The molecule has 36 heavy (non-hydrogen) atoms. The van der Waals surface area contributed by atoms with Crippen molar-refractivity contribution in [2.24, 2.45) is 11.8 Å². The van der Waals surface area contributed by atoms with Gasteiger partial charge in [-0.05, 0) is 55.6 Å². The molecule has 0 spiro atoms. The first-order valence-corrected chi connectivity index (χ1v) is 13.1. The first-order valence-electron chi connectivity index (χ1n) is 11.7. The number of rotatable bonds is 10. The summed E-state index contributed by atoms with van der Waals surface area (Å²) in [5, 5.41) is 11.1. The van der Waals surface area contributed by atoms with Gasteiger partial charge in [0.05, 0.1) is 23.6 Å². The molecule has 1 saturated heterocycles. The minimum Gasteiger partial charge on any atom is -0.497 e. The van der Waals surface area contributed by atoms with E-state index in [1.807, 2.05) is 0 Å². The number of methoxy groups -OCH3 is 1. The van der Waals surface area contributed by atoms with Crippen LogP contribution >= 0.6 is 23.4 Å². The maximum Gasteiger partial charge on any atom is 0.308 e. The average molecular weight is 532 g/mol. The summed E-state index contributed by atoms with van der Waals surface area (Å²) in [4.78, 5) is 35.7. The molecular formula is C26H27ClFN3O4S. The zero-order valence-electron chi connectivity index (χ0n) is 19.8. The molecule has 1 fully saturated rings. The standard InChI is InChI=1S/C26H27ClFN3O4S/c1-35-17-5-6-22-18(13-17)24(20(27)14-30-22)23(32)7-4-16-8-10-31(15-19(16)26(33)34)11-12-36-25-21(28)3-2-9-29-25/h2-3,5-6,9,13-14,16,19H,4,7-8,10-12,15H2,1H3,(H,33,34)/t16-,19+/m0/s1. The lowest BCUT2D eigenvalue weighted by Crippen LogP contribution is -2.44. The third-order valence-electron chi connectivity index (χ3n) is 6.58. The van der Waals surface area contributed by atoms with Crippen LogP contribution in [0, 0.1) is 17.7 Å². The van der Waals surface area contributed by atoms with Crippen molar-refractivity contribution in [2.45, 2.75) is 24.3 Å². The molecule has 0 saturated carbocycles. The van der Waals surface area contributed by atoms with Crippen molar-refractivity contribution >= 4 is 46.0 Å². The second-order valence-electron chi connectivity index (χ2n) is 8.76. The number of likely N-dealkylation sites (tertiary alicyclic amines) is 1. The highest BCUT2D eigenvalue weighted by molar-refractivity contribution is 7.99. The van der Waals surface area contributed by atoms with E-state index in [4.69, 9.17) is 16.3 Å². The Morgan fingerprint density at radius 1 is 1.31 bits per heavy atom. The fraction of sp³-hybridized carbons (Fsp3) is 0.385. The van der Waals surface area contributed by atoms with E-state index >= 15 is 0 Å². The summed E-state index contributed by atoms with van der Waals surface area (Å²) < 4.78 is 19.1. The smallest absolute Gasteiger partial charge is 0.308 e. The average Bonchev–Trinajstić information content (AvgIpc) is 2.88. The number of Topliss-reactive ketones (excluding diaryl/α,β-unsaturated/α-hetero) is 1. The molecule has 0 radical (unpaired) electrons. The van der Waals surface area contributed by atoms with Gasteiger partial charge in [0.25, 0.3) is 0 Å². The largest absolute Gasteiger partial charge is 0.497 e. The number of ketones is 1. The van der Waals surface area contributed by atoms with Gasteiger partial charge < -0.3 is 14.7 Å². The fourth-order valence-corrected chi connectivity index (χ4v) is 5.78. The molecular weight excluding hydrogens is 505 g/mol. The highest BCUT2D eigenvalue weighted by Crippen LogP contribution is 2.32. The van der Waals surface area contributed by atoms with Gasteiger partial charge in [-0.2, -0.15) is 0 Å². The molecule has 3 heterocycles. The molecule has 0 bridgehead atoms. The van der Waals surface area contributed by atoms with Crippen molar-refractivity contribution in [1.82, 2.24) is 14.9 Å². The minimum atomic E-state index is -0.863. The van der Waals surface area contributed by atoms with Crippen LogP contribution in [0.2, 0.25) is 5.02 Å². The molecule has 1 aliphatic rings. The van der Waals surface area contributed by atoms with E-state index in [0.717, 1.165) is 6.54 Å². The third kappa shape index (κ3) is 6.14. The number of hydrogen-bond donors (Lipinski definition) is 1. The normalized spacial score (nSPS) is 18.3. The Morgan fingerprint density at radius 3 is 2.89 bits per heavy atom. The summed E-state index contributed by atoms with van der Waals surface area (Å²) in [7, 11) is 1.55. The Labute approximate surface area is 218 Å². The van der Waals surface area contributed by atoms with Gasteiger partial charge in [0.2, 0.25) is 0 Å². The number of carboxylic acid groups (broad SMARTS) is 1. The Bertz CT molecular complexity index is 1260. The number of thioether (sulfide) groups is 1. The van der Waals surface area contributed by atoms with Crippen molar-refractivity contribution in [3.63, 3.8) is 0 Å². The summed E-state index contributed by atoms with van der Waals surface area (Å²) in [6, 6.07) is 8.22. The van der Waals surface area contributed by atoms with Crippen LogP contribution in [0.1, 0.15) is 29.6 Å². The summed E-state index contributed by atoms with van der Waals surface area (Å²) in [5.74, 6) is -0.838. The van der Waals surface area contributed by atoms with Crippen LogP contribution in [0.5, 0.6) is 5.75 Å². The number of aliphatic carboxylic acids is 1. The molecule has 10 heteroatoms. The van der Waals surface area contributed by atoms with E-state index in [-0.39, 0.29) is 29.0 Å². The maximum absolute atomic E-state index is 13.8. The van der Waals surface area contributed by atoms with Gasteiger partial charge >= 0.3 is 5.97 Å². The zero-order chi connectivity index (χ0) is 25.7. The SMILES string of the molecule is COc1ccc2ncc(Cl)c(C(=O)CC[C@H]3CCN(CCSc4ncccc4F)C[C@H]3C(=O)O)c2c1. The number of nitrogens with zero attached hydrogens (tertiary/aromatic N) is 3. The number of piperidine rings is 1. The molecule has 0 amide bonds. The van der Waals surface area contributed by atoms with Gasteiger partial charge in [0.1, 0.15) is 10.8 Å². The summed E-state index contributed by atoms with van der Waals surface area (Å²) in [5.41, 5.74) is 1.03. The number of carboxylic acids is 1. The number of carbonyl (C=O) groups is 2. The number of aromatic nitrogens is 2. The fourth-order valence-electron chi connectivity index (χ4n) is 4.64. The summed E-state index contributed by atoms with van der Waals surface area (Å²) in [6.07, 6.45) is 4.35. The summed E-state index contributed by atoms with van der Waals surface area (Å²) in [6.45, 7) is 1.76. The van der Waals surface area contributed by atoms with Gasteiger partial charge in [-0.1, -0.05) is 11.6 Å². The second-order valence-corrected chi connectivity index (χ2v) is 10.2. The number of ether oxygens (including phenoxy) is 1. The number of carbonyl (C=O) groups excluding carboxylic acids is 1. The van der Waals surface area contributed by atoms with E-state index < -0.39 is 11.9 Å². The van der Waals surface area contributed by atoms with Gasteiger partial charge in [-0.25, -0.2) is 9.37 Å². The van der Waals surface area contributed by atoms with E-state index in [1.54, 1.807) is 37.6 Å². The van der Waals surface area contributed by atoms with Crippen LogP contribution in [0.4, 0.5) is 4.39 Å². The van der Waals surface area contributed by atoms with Crippen molar-refractivity contribution in [1.29, 1.82) is 0 Å². The predicted molar refractivity (Wildman–Crippen MR) is 137 cm³/mol. The lowest BCUT2D eigenvalue weighted by molar-refractivity contribution is -0.146. The lowest BCUT2D eigenvalue weighted by Gasteiger charge is -2.36. The molecule has 2 aromatic heterocycles. The van der Waals surface area contributed by atoms with E-state index in [9.17, 15) is 19.1 Å². The first-order chi connectivity index (χ1) is 17.4. The molecule has 1 aliphatic heterocycles. The highest BCUT2D eigenvalue weighted by atomic mass is 35.5. The Kier molecular flexibility index (Phi) is 8.77. The second kappa shape index (κ2) is 12.0. The monoisotopic (exact) mass is 531 g/mol. The molecule has 3 aromatic rings. The first kappa shape index (κ1) is 26.3. The topological polar surface area (TPSA) is 92.6 Å². The molecule has 0 aliphatic carbocycles. The van der Waals surface area contributed by atoms with E-state index in [0.29, 0.717) is 58.9 Å². The maximum atomic E-state index is 13.8. The molecule has 0 unspecified atom stereocenters. The highest BCUT2D eigenvalue weighted by Gasteiger charge is 2.34. The third-order valence-corrected chi connectivity index (χ3v) is 7.83. The number of benzene rings is 1. The molecule has 7 nitrogen and oxygen atoms in total. The summed E-state index contributed by atoms with van der Waals surface area (Å²) >= 11 is 7.68. The van der Waals surface area contributed by atoms with Crippen molar-refractivity contribution in [2.75, 3.05) is 32.5 Å². The molecule has 190 valence electrons. The molecule has 4 rings (SSSR count). The van der Waals surface area contributed by atoms with Crippen LogP contribution in [0.15, 0.2) is 47.8 Å². The Balaban J connectivity index is 1.37. The van der Waals surface area contributed by atoms with Crippen LogP contribution in [0.3, 0.4) is 0 Å². The van der Waals surface area contributed by atoms with Crippen molar-refractivity contribution < 1.29 is 23.8 Å². The van der Waals surface area contributed by atoms with Crippen molar-refractivity contribution in [3.05, 3.63) is 59.1 Å². The van der Waals surface area contributed by atoms with Gasteiger partial charge in [-0.15, -0.1) is 11.8 Å². The molecule has 1 aromatic carbocycles. The van der Waals surface area contributed by atoms with Crippen LogP contribution in [0.25, 0.3) is 10.9 Å². The van der Waals surface area contributed by atoms with Gasteiger partial charge in [0, 0.05) is 48.6 Å².